The van der Waals surface area contributed by atoms with Crippen molar-refractivity contribution < 1.29 is 0 Å². The molecule has 8 heteroatoms. The first-order valence-corrected chi connectivity index (χ1v) is 6.45. The molecule has 0 saturated carbocycles. The highest BCUT2D eigenvalue weighted by molar-refractivity contribution is 6.28. The normalized spacial score (nSPS) is 12.4. The molecule has 0 fully saturated rings. The minimum absolute atomic E-state index is 0.145. The van der Waals surface area contributed by atoms with E-state index in [9.17, 15) is 0 Å². The van der Waals surface area contributed by atoms with E-state index >= 15 is 0 Å². The van der Waals surface area contributed by atoms with Crippen molar-refractivity contribution in [1.82, 2.24) is 29.7 Å². The molecular weight excluding hydrogens is 266 g/mol. The molecule has 2 aromatic heterocycles. The van der Waals surface area contributed by atoms with Gasteiger partial charge < -0.3 is 4.90 Å². The molecule has 0 N–H and O–H groups in total. The zero-order chi connectivity index (χ0) is 13.8. The van der Waals surface area contributed by atoms with Gasteiger partial charge in [-0.1, -0.05) is 20.3 Å². The summed E-state index contributed by atoms with van der Waals surface area (Å²) < 4.78 is 1.45. The standard InChI is InChI=1S/C11H16ClN7/c1-4-8(2)5-18(3)10-15-9(12)16-11(17-10)19-7-13-6-14-19/h6-8H,4-5H2,1-3H3. The summed E-state index contributed by atoms with van der Waals surface area (Å²) in [6.45, 7) is 5.19. The molecule has 2 rings (SSSR count). The largest absolute Gasteiger partial charge is 0.343 e. The Morgan fingerprint density at radius 2 is 2.16 bits per heavy atom. The SMILES string of the molecule is CCC(C)CN(C)c1nc(Cl)nc(-n2cncn2)n1. The highest BCUT2D eigenvalue weighted by atomic mass is 35.5. The molecule has 19 heavy (non-hydrogen) atoms. The number of hydrogen-bond acceptors (Lipinski definition) is 6. The molecule has 102 valence electrons. The highest BCUT2D eigenvalue weighted by Crippen LogP contribution is 2.14. The van der Waals surface area contributed by atoms with Crippen molar-refractivity contribution in [2.45, 2.75) is 20.3 Å². The quantitative estimate of drug-likeness (QED) is 0.829. The Kier molecular flexibility index (Phi) is 4.26. The van der Waals surface area contributed by atoms with E-state index in [0.717, 1.165) is 13.0 Å². The predicted molar refractivity (Wildman–Crippen MR) is 72.5 cm³/mol. The monoisotopic (exact) mass is 281 g/mol. The molecule has 0 aliphatic heterocycles. The molecule has 0 radical (unpaired) electrons. The second-order valence-electron chi connectivity index (χ2n) is 4.44. The first kappa shape index (κ1) is 13.7. The van der Waals surface area contributed by atoms with E-state index in [-0.39, 0.29) is 5.28 Å². The van der Waals surface area contributed by atoms with Crippen LogP contribution >= 0.6 is 11.6 Å². The van der Waals surface area contributed by atoms with Gasteiger partial charge in [0.05, 0.1) is 0 Å². The molecule has 7 nitrogen and oxygen atoms in total. The van der Waals surface area contributed by atoms with Crippen LogP contribution < -0.4 is 4.90 Å². The fourth-order valence-corrected chi connectivity index (χ4v) is 1.74. The van der Waals surface area contributed by atoms with E-state index in [1.165, 1.54) is 17.3 Å². The number of hydrogen-bond donors (Lipinski definition) is 0. The molecule has 0 amide bonds. The number of anilines is 1. The Hall–Kier alpha value is -1.76. The molecule has 0 spiro atoms. The Labute approximate surface area is 116 Å². The third-order valence-corrected chi connectivity index (χ3v) is 3.00. The summed E-state index contributed by atoms with van der Waals surface area (Å²) in [6.07, 6.45) is 4.03. The van der Waals surface area contributed by atoms with Gasteiger partial charge in [0.2, 0.25) is 11.2 Å². The highest BCUT2D eigenvalue weighted by Gasteiger charge is 2.12. The van der Waals surface area contributed by atoms with E-state index in [2.05, 4.69) is 38.9 Å². The molecule has 0 saturated heterocycles. The zero-order valence-electron chi connectivity index (χ0n) is 11.2. The van der Waals surface area contributed by atoms with Crippen molar-refractivity contribution in [1.29, 1.82) is 0 Å². The van der Waals surface area contributed by atoms with Gasteiger partial charge in [0, 0.05) is 13.6 Å². The third kappa shape index (κ3) is 3.37. The summed E-state index contributed by atoms with van der Waals surface area (Å²) in [6, 6.07) is 0. The third-order valence-electron chi connectivity index (χ3n) is 2.83. The van der Waals surface area contributed by atoms with Gasteiger partial charge in [0.15, 0.2) is 0 Å². The summed E-state index contributed by atoms with van der Waals surface area (Å²) >= 11 is 5.93. The van der Waals surface area contributed by atoms with Crippen molar-refractivity contribution in [3.05, 3.63) is 17.9 Å². The average Bonchev–Trinajstić information content (AvgIpc) is 2.91. The van der Waals surface area contributed by atoms with Crippen molar-refractivity contribution in [3.8, 4) is 5.95 Å². The number of nitrogens with zero attached hydrogens (tertiary/aromatic N) is 7. The Bertz CT molecular complexity index is 528. The molecule has 1 unspecified atom stereocenters. The number of rotatable bonds is 5. The van der Waals surface area contributed by atoms with E-state index in [1.54, 1.807) is 0 Å². The van der Waals surface area contributed by atoms with Gasteiger partial charge >= 0.3 is 0 Å². The maximum absolute atomic E-state index is 5.93. The van der Waals surface area contributed by atoms with Crippen LogP contribution in [0.3, 0.4) is 0 Å². The van der Waals surface area contributed by atoms with E-state index in [0.29, 0.717) is 17.8 Å². The second kappa shape index (κ2) is 5.92. The first-order valence-electron chi connectivity index (χ1n) is 6.08. The maximum atomic E-state index is 5.93. The van der Waals surface area contributed by atoms with Crippen LogP contribution in [0.4, 0.5) is 5.95 Å². The number of halogens is 1. The minimum Gasteiger partial charge on any atom is -0.343 e. The maximum Gasteiger partial charge on any atom is 0.258 e. The molecule has 2 aromatic rings. The Balaban J connectivity index is 2.26. The van der Waals surface area contributed by atoms with Crippen molar-refractivity contribution in [3.63, 3.8) is 0 Å². The van der Waals surface area contributed by atoms with Gasteiger partial charge in [0.1, 0.15) is 12.7 Å². The van der Waals surface area contributed by atoms with Crippen molar-refractivity contribution in [2.24, 2.45) is 5.92 Å². The lowest BCUT2D eigenvalue weighted by Crippen LogP contribution is -2.26. The summed E-state index contributed by atoms with van der Waals surface area (Å²) in [5, 5.41) is 4.13. The average molecular weight is 282 g/mol. The summed E-state index contributed by atoms with van der Waals surface area (Å²) in [5.74, 6) is 1.45. The lowest BCUT2D eigenvalue weighted by Gasteiger charge is -2.20. The minimum atomic E-state index is 0.145. The fourth-order valence-electron chi connectivity index (χ4n) is 1.59. The van der Waals surface area contributed by atoms with Gasteiger partial charge in [-0.15, -0.1) is 0 Å². The summed E-state index contributed by atoms with van der Waals surface area (Å²) in [7, 11) is 1.93. The molecule has 0 aliphatic carbocycles. The zero-order valence-corrected chi connectivity index (χ0v) is 11.9. The smallest absolute Gasteiger partial charge is 0.258 e. The van der Waals surface area contributed by atoms with Gasteiger partial charge in [-0.25, -0.2) is 4.98 Å². The van der Waals surface area contributed by atoms with Crippen molar-refractivity contribution >= 4 is 17.5 Å². The molecule has 0 aliphatic rings. The molecule has 0 aromatic carbocycles. The first-order chi connectivity index (χ1) is 9.10. The van der Waals surface area contributed by atoms with Crippen LogP contribution in [0.15, 0.2) is 12.7 Å². The van der Waals surface area contributed by atoms with Crippen LogP contribution in [0.2, 0.25) is 5.28 Å². The van der Waals surface area contributed by atoms with E-state index < -0.39 is 0 Å². The predicted octanol–water partition coefficient (Wildman–Crippen LogP) is 1.59. The lowest BCUT2D eigenvalue weighted by atomic mass is 10.1. The van der Waals surface area contributed by atoms with Crippen LogP contribution in [0.25, 0.3) is 5.95 Å². The van der Waals surface area contributed by atoms with Crippen LogP contribution in [0, 0.1) is 5.92 Å². The molecule has 0 bridgehead atoms. The summed E-state index contributed by atoms with van der Waals surface area (Å²) in [4.78, 5) is 18.3. The van der Waals surface area contributed by atoms with Crippen molar-refractivity contribution in [2.75, 3.05) is 18.5 Å². The van der Waals surface area contributed by atoms with Gasteiger partial charge in [0.25, 0.3) is 5.95 Å². The van der Waals surface area contributed by atoms with Gasteiger partial charge in [-0.3, -0.25) is 0 Å². The molecular formula is C11H16ClN7. The Morgan fingerprint density at radius 1 is 1.37 bits per heavy atom. The second-order valence-corrected chi connectivity index (χ2v) is 4.78. The van der Waals surface area contributed by atoms with Crippen LogP contribution in [0.5, 0.6) is 0 Å². The topological polar surface area (TPSA) is 72.6 Å². The Morgan fingerprint density at radius 3 is 2.79 bits per heavy atom. The van der Waals surface area contributed by atoms with Crippen LogP contribution in [-0.4, -0.2) is 43.3 Å². The molecule has 1 atom stereocenters. The van der Waals surface area contributed by atoms with Gasteiger partial charge in [-0.2, -0.15) is 24.7 Å². The molecule has 2 heterocycles. The lowest BCUT2D eigenvalue weighted by molar-refractivity contribution is 0.554. The summed E-state index contributed by atoms with van der Waals surface area (Å²) in [5.41, 5.74) is 0. The number of aromatic nitrogens is 6. The van der Waals surface area contributed by atoms with E-state index in [4.69, 9.17) is 11.6 Å². The van der Waals surface area contributed by atoms with Crippen LogP contribution in [0.1, 0.15) is 20.3 Å². The van der Waals surface area contributed by atoms with Crippen LogP contribution in [-0.2, 0) is 0 Å². The van der Waals surface area contributed by atoms with E-state index in [1.807, 2.05) is 11.9 Å². The van der Waals surface area contributed by atoms with Gasteiger partial charge in [-0.05, 0) is 17.5 Å². The fraction of sp³-hybridized carbons (Fsp3) is 0.545.